The molecule has 0 bridgehead atoms. The summed E-state index contributed by atoms with van der Waals surface area (Å²) in [7, 11) is 0. The monoisotopic (exact) mass is 390 g/mol. The summed E-state index contributed by atoms with van der Waals surface area (Å²) in [6.07, 6.45) is 3.67. The van der Waals surface area contributed by atoms with Crippen LogP contribution in [0.5, 0.6) is 0 Å². The van der Waals surface area contributed by atoms with Crippen molar-refractivity contribution in [3.63, 3.8) is 0 Å². The molecule has 0 radical (unpaired) electrons. The zero-order valence-electron chi connectivity index (χ0n) is 17.8. The maximum absolute atomic E-state index is 12.3. The van der Waals surface area contributed by atoms with Crippen LogP contribution < -0.4 is 0 Å². The summed E-state index contributed by atoms with van der Waals surface area (Å²) in [6.45, 7) is 10.3. The second-order valence-corrected chi connectivity index (χ2v) is 8.08. The molecule has 0 saturated carbocycles. The van der Waals surface area contributed by atoms with E-state index in [2.05, 4.69) is 35.4 Å². The number of rotatable bonds is 8. The van der Waals surface area contributed by atoms with Crippen LogP contribution in [0.1, 0.15) is 66.3 Å². The van der Waals surface area contributed by atoms with E-state index in [1.807, 2.05) is 18.2 Å². The highest BCUT2D eigenvalue weighted by Gasteiger charge is 2.25. The van der Waals surface area contributed by atoms with E-state index in [0.29, 0.717) is 6.42 Å². The van der Waals surface area contributed by atoms with E-state index in [4.69, 9.17) is 0 Å². The fourth-order valence-corrected chi connectivity index (χ4v) is 4.76. The minimum Gasteiger partial charge on any atom is -0.340 e. The third-order valence-corrected chi connectivity index (χ3v) is 6.45. The summed E-state index contributed by atoms with van der Waals surface area (Å²) < 4.78 is 2.39. The maximum Gasteiger partial charge on any atom is 0.163 e. The minimum absolute atomic E-state index is 0.0793. The Labute approximate surface area is 172 Å². The molecule has 4 nitrogen and oxygen atoms in total. The van der Waals surface area contributed by atoms with E-state index < -0.39 is 0 Å². The minimum atomic E-state index is 0.0793. The molecule has 152 valence electrons. The van der Waals surface area contributed by atoms with Crippen LogP contribution in [0.15, 0.2) is 30.3 Å². The summed E-state index contributed by atoms with van der Waals surface area (Å²) in [5.74, 6) is 0.320. The van der Waals surface area contributed by atoms with Crippen molar-refractivity contribution < 1.29 is 9.59 Å². The van der Waals surface area contributed by atoms with E-state index in [-0.39, 0.29) is 11.6 Å². The standard InChI is InChI=1S/C25H30N2O2/c1-4-26(5-2)14-6-7-15-27-22-11-8-18(17(3)28)16-21(22)25-20-10-13-24(29)19(20)9-12-23(25)27/h8-9,11-12,16H,4-7,10,13-15H2,1-3H3. The molecule has 0 fully saturated rings. The number of carbonyl (C=O) groups is 2. The predicted molar refractivity (Wildman–Crippen MR) is 119 cm³/mol. The molecular weight excluding hydrogens is 360 g/mol. The van der Waals surface area contributed by atoms with E-state index in [1.54, 1.807) is 6.92 Å². The Morgan fingerprint density at radius 3 is 2.52 bits per heavy atom. The highest BCUT2D eigenvalue weighted by atomic mass is 16.1. The van der Waals surface area contributed by atoms with Gasteiger partial charge in [-0.2, -0.15) is 0 Å². The van der Waals surface area contributed by atoms with Gasteiger partial charge in [-0.25, -0.2) is 0 Å². The summed E-state index contributed by atoms with van der Waals surface area (Å²) in [5.41, 5.74) is 5.13. The first-order chi connectivity index (χ1) is 14.0. The van der Waals surface area contributed by atoms with Crippen LogP contribution in [-0.4, -0.2) is 40.7 Å². The number of hydrogen-bond acceptors (Lipinski definition) is 3. The molecule has 4 rings (SSSR count). The van der Waals surface area contributed by atoms with Gasteiger partial charge >= 0.3 is 0 Å². The number of ketones is 2. The molecule has 0 unspecified atom stereocenters. The summed E-state index contributed by atoms with van der Waals surface area (Å²) >= 11 is 0. The SMILES string of the molecule is CCN(CC)CCCCn1c2ccc(C(C)=O)cc2c2c3c(ccc21)C(=O)CC3. The molecule has 0 amide bonds. The Bertz CT molecular complexity index is 1090. The van der Waals surface area contributed by atoms with Crippen molar-refractivity contribution in [1.29, 1.82) is 0 Å². The molecular formula is C25H30N2O2. The van der Waals surface area contributed by atoms with Gasteiger partial charge in [0, 0.05) is 45.9 Å². The van der Waals surface area contributed by atoms with Gasteiger partial charge in [0.15, 0.2) is 11.6 Å². The van der Waals surface area contributed by atoms with Crippen molar-refractivity contribution in [2.75, 3.05) is 19.6 Å². The van der Waals surface area contributed by atoms with E-state index >= 15 is 0 Å². The number of aryl methyl sites for hydroxylation is 2. The van der Waals surface area contributed by atoms with Crippen molar-refractivity contribution in [2.24, 2.45) is 0 Å². The maximum atomic E-state index is 12.3. The Hall–Kier alpha value is -2.46. The second-order valence-electron chi connectivity index (χ2n) is 8.08. The summed E-state index contributed by atoms with van der Waals surface area (Å²) in [6, 6.07) is 10.1. The van der Waals surface area contributed by atoms with Crippen LogP contribution in [0.25, 0.3) is 21.8 Å². The van der Waals surface area contributed by atoms with Crippen LogP contribution in [-0.2, 0) is 13.0 Å². The van der Waals surface area contributed by atoms with Crippen LogP contribution in [0.2, 0.25) is 0 Å². The first-order valence-electron chi connectivity index (χ1n) is 10.9. The number of nitrogens with zero attached hydrogens (tertiary/aromatic N) is 2. The fourth-order valence-electron chi connectivity index (χ4n) is 4.76. The lowest BCUT2D eigenvalue weighted by molar-refractivity contribution is 0.0991. The Kier molecular flexibility index (Phi) is 5.55. The predicted octanol–water partition coefficient (Wildman–Crippen LogP) is 5.25. The molecule has 2 aromatic carbocycles. The van der Waals surface area contributed by atoms with E-state index in [1.165, 1.54) is 22.0 Å². The van der Waals surface area contributed by atoms with Crippen molar-refractivity contribution in [1.82, 2.24) is 9.47 Å². The Morgan fingerprint density at radius 1 is 1.03 bits per heavy atom. The summed E-state index contributed by atoms with van der Waals surface area (Å²) in [5, 5.41) is 2.29. The molecule has 1 aliphatic carbocycles. The van der Waals surface area contributed by atoms with Gasteiger partial charge in [0.05, 0.1) is 0 Å². The molecule has 4 heteroatoms. The zero-order chi connectivity index (χ0) is 20.5. The van der Waals surface area contributed by atoms with Gasteiger partial charge in [0.1, 0.15) is 0 Å². The van der Waals surface area contributed by atoms with Gasteiger partial charge in [-0.3, -0.25) is 9.59 Å². The number of hydrogen-bond donors (Lipinski definition) is 0. The van der Waals surface area contributed by atoms with Crippen molar-refractivity contribution in [2.45, 2.75) is 53.0 Å². The van der Waals surface area contributed by atoms with Crippen LogP contribution in [0.4, 0.5) is 0 Å². The van der Waals surface area contributed by atoms with Gasteiger partial charge in [-0.05, 0) is 81.7 Å². The molecule has 1 aliphatic rings. The number of benzene rings is 2. The highest BCUT2D eigenvalue weighted by molar-refractivity contribution is 6.16. The van der Waals surface area contributed by atoms with Crippen LogP contribution in [0, 0.1) is 0 Å². The third-order valence-electron chi connectivity index (χ3n) is 6.45. The van der Waals surface area contributed by atoms with Crippen molar-refractivity contribution in [3.8, 4) is 0 Å². The molecule has 0 spiro atoms. The van der Waals surface area contributed by atoms with E-state index in [0.717, 1.165) is 62.0 Å². The average Bonchev–Trinajstić information content (AvgIpc) is 3.25. The number of fused-ring (bicyclic) bond motifs is 5. The fraction of sp³-hybridized carbons (Fsp3) is 0.440. The lowest BCUT2D eigenvalue weighted by Crippen LogP contribution is -2.24. The molecule has 3 aromatic rings. The van der Waals surface area contributed by atoms with Crippen molar-refractivity contribution >= 4 is 33.4 Å². The normalized spacial score (nSPS) is 13.7. The number of carbonyl (C=O) groups excluding carboxylic acids is 2. The number of Topliss-reactive ketones (excluding diaryl/α,β-unsaturated/α-hetero) is 2. The van der Waals surface area contributed by atoms with Gasteiger partial charge < -0.3 is 9.47 Å². The van der Waals surface area contributed by atoms with Gasteiger partial charge in [-0.15, -0.1) is 0 Å². The average molecular weight is 391 g/mol. The smallest absolute Gasteiger partial charge is 0.163 e. The van der Waals surface area contributed by atoms with Crippen LogP contribution in [0.3, 0.4) is 0 Å². The quantitative estimate of drug-likeness (QED) is 0.390. The number of aromatic nitrogens is 1. The Morgan fingerprint density at radius 2 is 1.79 bits per heavy atom. The molecule has 0 atom stereocenters. The van der Waals surface area contributed by atoms with Gasteiger partial charge in [-0.1, -0.05) is 13.8 Å². The van der Waals surface area contributed by atoms with Crippen LogP contribution >= 0.6 is 0 Å². The first-order valence-corrected chi connectivity index (χ1v) is 10.9. The number of unbranched alkanes of at least 4 members (excludes halogenated alkanes) is 1. The third kappa shape index (κ3) is 3.51. The molecule has 1 aromatic heterocycles. The van der Waals surface area contributed by atoms with Gasteiger partial charge in [0.2, 0.25) is 0 Å². The molecule has 0 saturated heterocycles. The van der Waals surface area contributed by atoms with Crippen molar-refractivity contribution in [3.05, 3.63) is 47.0 Å². The first kappa shape index (κ1) is 19.8. The topological polar surface area (TPSA) is 42.3 Å². The second kappa shape index (κ2) is 8.11. The largest absolute Gasteiger partial charge is 0.340 e. The zero-order valence-corrected chi connectivity index (χ0v) is 17.8. The van der Waals surface area contributed by atoms with E-state index in [9.17, 15) is 9.59 Å². The highest BCUT2D eigenvalue weighted by Crippen LogP contribution is 2.37. The lowest BCUT2D eigenvalue weighted by Gasteiger charge is -2.17. The Balaban J connectivity index is 1.77. The molecule has 0 aliphatic heterocycles. The lowest BCUT2D eigenvalue weighted by atomic mass is 10.0. The van der Waals surface area contributed by atoms with Gasteiger partial charge in [0.25, 0.3) is 0 Å². The molecule has 29 heavy (non-hydrogen) atoms. The molecule has 1 heterocycles. The summed E-state index contributed by atoms with van der Waals surface area (Å²) in [4.78, 5) is 26.7. The molecule has 0 N–H and O–H groups in total.